The van der Waals surface area contributed by atoms with Crippen LogP contribution >= 0.6 is 0 Å². The minimum Gasteiger partial charge on any atom is -0.365 e. The number of hydrogen-bond donors (Lipinski definition) is 1. The van der Waals surface area contributed by atoms with Crippen molar-refractivity contribution in [1.29, 1.82) is 5.26 Å². The van der Waals surface area contributed by atoms with Crippen LogP contribution in [0.1, 0.15) is 49.9 Å². The van der Waals surface area contributed by atoms with E-state index >= 15 is 0 Å². The van der Waals surface area contributed by atoms with Crippen molar-refractivity contribution in [2.45, 2.75) is 53.0 Å². The zero-order valence-corrected chi connectivity index (χ0v) is 11.5. The van der Waals surface area contributed by atoms with Gasteiger partial charge in [0.1, 0.15) is 11.6 Å². The fraction of sp³-hybridized carbons (Fsp3) is 0.643. The van der Waals surface area contributed by atoms with Crippen molar-refractivity contribution in [2.75, 3.05) is 5.32 Å². The summed E-state index contributed by atoms with van der Waals surface area (Å²) in [6.45, 7) is 8.37. The molecular formula is C14H20N4. The molecule has 2 rings (SSSR count). The summed E-state index contributed by atoms with van der Waals surface area (Å²) in [4.78, 5) is 0. The van der Waals surface area contributed by atoms with Gasteiger partial charge in [-0.1, -0.05) is 13.8 Å². The van der Waals surface area contributed by atoms with Crippen LogP contribution in [0, 0.1) is 30.6 Å². The van der Waals surface area contributed by atoms with Crippen LogP contribution in [0.2, 0.25) is 0 Å². The smallest absolute Gasteiger partial charge is 0.167 e. The highest BCUT2D eigenvalue weighted by Gasteiger charge is 2.31. The number of anilines is 1. The zero-order valence-electron chi connectivity index (χ0n) is 11.5. The van der Waals surface area contributed by atoms with Crippen molar-refractivity contribution in [3.8, 4) is 6.07 Å². The van der Waals surface area contributed by atoms with Crippen LogP contribution in [0.25, 0.3) is 0 Å². The molecule has 4 nitrogen and oxygen atoms in total. The molecule has 1 aromatic rings. The minimum absolute atomic E-state index is 0.387. The molecule has 0 saturated heterocycles. The second-order valence-corrected chi connectivity index (χ2v) is 5.99. The molecule has 0 amide bonds. The zero-order chi connectivity index (χ0) is 13.3. The molecule has 4 heteroatoms. The third kappa shape index (κ3) is 2.45. The summed E-state index contributed by atoms with van der Waals surface area (Å²) in [5.41, 5.74) is 2.76. The number of nitrogens with zero attached hydrogens (tertiary/aromatic N) is 3. The highest BCUT2D eigenvalue weighted by molar-refractivity contribution is 5.56. The lowest BCUT2D eigenvalue weighted by Crippen LogP contribution is -2.20. The third-order valence-electron chi connectivity index (χ3n) is 3.88. The van der Waals surface area contributed by atoms with Crippen LogP contribution in [-0.2, 0) is 0 Å². The lowest BCUT2D eigenvalue weighted by molar-refractivity contribution is 0.378. The minimum atomic E-state index is 0.387. The van der Waals surface area contributed by atoms with Crippen LogP contribution in [0.5, 0.6) is 0 Å². The van der Waals surface area contributed by atoms with E-state index in [-0.39, 0.29) is 0 Å². The van der Waals surface area contributed by atoms with Gasteiger partial charge in [0.2, 0.25) is 0 Å². The Balaban J connectivity index is 2.21. The van der Waals surface area contributed by atoms with E-state index in [1.165, 1.54) is 6.42 Å². The van der Waals surface area contributed by atoms with Gasteiger partial charge in [0.25, 0.3) is 0 Å². The van der Waals surface area contributed by atoms with Gasteiger partial charge in [0.15, 0.2) is 5.82 Å². The maximum absolute atomic E-state index is 9.24. The summed E-state index contributed by atoms with van der Waals surface area (Å²) in [5, 5.41) is 20.9. The van der Waals surface area contributed by atoms with Crippen molar-refractivity contribution >= 4 is 5.82 Å². The molecule has 1 unspecified atom stereocenters. The topological polar surface area (TPSA) is 61.6 Å². The van der Waals surface area contributed by atoms with Crippen molar-refractivity contribution in [1.82, 2.24) is 10.2 Å². The first-order valence-electron chi connectivity index (χ1n) is 6.43. The summed E-state index contributed by atoms with van der Waals surface area (Å²) >= 11 is 0. The van der Waals surface area contributed by atoms with E-state index in [0.29, 0.717) is 22.8 Å². The van der Waals surface area contributed by atoms with E-state index in [2.05, 4.69) is 35.4 Å². The monoisotopic (exact) mass is 244 g/mol. The first-order valence-corrected chi connectivity index (χ1v) is 6.43. The number of rotatable bonds is 2. The number of hydrogen-bond acceptors (Lipinski definition) is 4. The predicted octanol–water partition coefficient (Wildman–Crippen LogP) is 2.96. The molecular weight excluding hydrogens is 224 g/mol. The highest BCUT2D eigenvalue weighted by Crippen LogP contribution is 2.38. The van der Waals surface area contributed by atoms with Gasteiger partial charge < -0.3 is 5.32 Å². The molecule has 1 saturated carbocycles. The normalized spacial score (nSPS) is 21.6. The molecule has 0 spiro atoms. The maximum Gasteiger partial charge on any atom is 0.167 e. The van der Waals surface area contributed by atoms with Crippen LogP contribution < -0.4 is 5.32 Å². The number of aryl methyl sites for hydroxylation is 1. The standard InChI is InChI=1S/C14H20N4/c1-9-10(2)17-18-13(12(9)8-15)16-11-5-6-14(3,4)7-11/h11H,5-7H2,1-4H3,(H,16,18). The Bertz CT molecular complexity index is 499. The molecule has 1 aromatic heterocycles. The van der Waals surface area contributed by atoms with Crippen LogP contribution in [0.3, 0.4) is 0 Å². The number of nitriles is 1. The lowest BCUT2D eigenvalue weighted by Gasteiger charge is -2.18. The molecule has 1 atom stereocenters. The van der Waals surface area contributed by atoms with E-state index in [0.717, 1.165) is 24.1 Å². The first-order chi connectivity index (χ1) is 8.43. The fourth-order valence-electron chi connectivity index (χ4n) is 2.60. The van der Waals surface area contributed by atoms with E-state index in [1.54, 1.807) is 0 Å². The Hall–Kier alpha value is -1.63. The average Bonchev–Trinajstić information content (AvgIpc) is 2.64. The Morgan fingerprint density at radius 1 is 1.33 bits per heavy atom. The van der Waals surface area contributed by atoms with Crippen molar-refractivity contribution in [3.05, 3.63) is 16.8 Å². The van der Waals surface area contributed by atoms with Crippen molar-refractivity contribution in [3.63, 3.8) is 0 Å². The lowest BCUT2D eigenvalue weighted by atomic mass is 9.92. The Labute approximate surface area is 108 Å². The van der Waals surface area contributed by atoms with Crippen molar-refractivity contribution in [2.24, 2.45) is 5.41 Å². The third-order valence-corrected chi connectivity index (χ3v) is 3.88. The number of nitrogens with one attached hydrogen (secondary N) is 1. The van der Waals surface area contributed by atoms with Gasteiger partial charge in [0.05, 0.1) is 5.69 Å². The highest BCUT2D eigenvalue weighted by atomic mass is 15.2. The molecule has 1 aliphatic rings. The molecule has 1 N–H and O–H groups in total. The Kier molecular flexibility index (Phi) is 3.25. The SMILES string of the molecule is Cc1nnc(NC2CCC(C)(C)C2)c(C#N)c1C. The Morgan fingerprint density at radius 3 is 2.61 bits per heavy atom. The molecule has 1 aliphatic carbocycles. The summed E-state index contributed by atoms with van der Waals surface area (Å²) < 4.78 is 0. The van der Waals surface area contributed by atoms with Gasteiger partial charge in [-0.15, -0.1) is 5.10 Å². The quantitative estimate of drug-likeness (QED) is 0.868. The molecule has 0 aromatic carbocycles. The second-order valence-electron chi connectivity index (χ2n) is 5.99. The van der Waals surface area contributed by atoms with Crippen LogP contribution in [-0.4, -0.2) is 16.2 Å². The van der Waals surface area contributed by atoms with E-state index in [9.17, 15) is 5.26 Å². The van der Waals surface area contributed by atoms with Gasteiger partial charge >= 0.3 is 0 Å². The summed E-state index contributed by atoms with van der Waals surface area (Å²) in [6.07, 6.45) is 3.46. The fourth-order valence-corrected chi connectivity index (χ4v) is 2.60. The van der Waals surface area contributed by atoms with E-state index < -0.39 is 0 Å². The molecule has 0 bridgehead atoms. The summed E-state index contributed by atoms with van der Waals surface area (Å²) in [6, 6.07) is 2.64. The van der Waals surface area contributed by atoms with Gasteiger partial charge in [-0.2, -0.15) is 10.4 Å². The average molecular weight is 244 g/mol. The molecule has 1 heterocycles. The molecule has 1 fully saturated rings. The maximum atomic E-state index is 9.24. The molecule has 96 valence electrons. The second kappa shape index (κ2) is 4.56. The van der Waals surface area contributed by atoms with Crippen LogP contribution in [0.4, 0.5) is 5.82 Å². The molecule has 0 aliphatic heterocycles. The van der Waals surface area contributed by atoms with E-state index in [4.69, 9.17) is 0 Å². The van der Waals surface area contributed by atoms with Crippen molar-refractivity contribution < 1.29 is 0 Å². The van der Waals surface area contributed by atoms with Gasteiger partial charge in [-0.05, 0) is 44.1 Å². The molecule has 18 heavy (non-hydrogen) atoms. The molecule has 0 radical (unpaired) electrons. The number of aromatic nitrogens is 2. The van der Waals surface area contributed by atoms with E-state index in [1.807, 2.05) is 13.8 Å². The Morgan fingerprint density at radius 2 is 2.06 bits per heavy atom. The van der Waals surface area contributed by atoms with Gasteiger partial charge in [-0.25, -0.2) is 0 Å². The van der Waals surface area contributed by atoms with Gasteiger partial charge in [0, 0.05) is 6.04 Å². The largest absolute Gasteiger partial charge is 0.365 e. The van der Waals surface area contributed by atoms with Gasteiger partial charge in [-0.3, -0.25) is 0 Å². The summed E-state index contributed by atoms with van der Waals surface area (Å²) in [7, 11) is 0. The first kappa shape index (κ1) is 12.8. The van der Waals surface area contributed by atoms with Crippen LogP contribution in [0.15, 0.2) is 0 Å². The summed E-state index contributed by atoms with van der Waals surface area (Å²) in [5.74, 6) is 0.642. The predicted molar refractivity (Wildman–Crippen MR) is 71.3 cm³/mol.